The Morgan fingerprint density at radius 1 is 1.27 bits per heavy atom. The average molecular weight is 377 g/mol. The van der Waals surface area contributed by atoms with Gasteiger partial charge < -0.3 is 4.90 Å². The first-order chi connectivity index (χ1) is 12.3. The molecule has 140 valence electrons. The van der Waals surface area contributed by atoms with Crippen LogP contribution in [0.1, 0.15) is 30.0 Å². The number of sulfonamides is 1. The van der Waals surface area contributed by atoms with Crippen molar-refractivity contribution in [3.05, 3.63) is 47.0 Å². The standard InChI is InChI=1S/C19H24FN3O2S/c1-4-26(24,25)22-11-15-10-21-12-17(13(15)2)16-8-14-6-5-7-23(3)19(14)9-18(16)20/h8-10,12,22H,4-7,11H2,1-3H3. The quantitative estimate of drug-likeness (QED) is 0.870. The van der Waals surface area contributed by atoms with Crippen LogP contribution < -0.4 is 9.62 Å². The van der Waals surface area contributed by atoms with Crippen molar-refractivity contribution in [1.82, 2.24) is 9.71 Å². The van der Waals surface area contributed by atoms with Crippen molar-refractivity contribution >= 4 is 15.7 Å². The highest BCUT2D eigenvalue weighted by atomic mass is 32.2. The Hall–Kier alpha value is -1.99. The highest BCUT2D eigenvalue weighted by molar-refractivity contribution is 7.89. The lowest BCUT2D eigenvalue weighted by atomic mass is 9.93. The largest absolute Gasteiger partial charge is 0.374 e. The fourth-order valence-corrected chi connectivity index (χ4v) is 3.88. The van der Waals surface area contributed by atoms with Gasteiger partial charge >= 0.3 is 0 Å². The summed E-state index contributed by atoms with van der Waals surface area (Å²) in [6, 6.07) is 3.50. The molecule has 1 aliphatic rings. The van der Waals surface area contributed by atoms with E-state index in [2.05, 4.69) is 14.6 Å². The molecule has 0 radical (unpaired) electrons. The van der Waals surface area contributed by atoms with Crippen LogP contribution in [0.15, 0.2) is 24.5 Å². The molecule has 0 saturated carbocycles. The Morgan fingerprint density at radius 2 is 2.04 bits per heavy atom. The number of fused-ring (bicyclic) bond motifs is 1. The summed E-state index contributed by atoms with van der Waals surface area (Å²) in [5, 5.41) is 0. The molecule has 0 bridgehead atoms. The van der Waals surface area contributed by atoms with E-state index in [9.17, 15) is 12.8 Å². The number of nitrogens with one attached hydrogen (secondary N) is 1. The zero-order valence-corrected chi connectivity index (χ0v) is 16.2. The van der Waals surface area contributed by atoms with Gasteiger partial charge in [-0.15, -0.1) is 0 Å². The van der Waals surface area contributed by atoms with Crippen LogP contribution in [-0.4, -0.2) is 32.7 Å². The highest BCUT2D eigenvalue weighted by Gasteiger charge is 2.19. The number of aryl methyl sites for hydroxylation is 1. The van der Waals surface area contributed by atoms with Crippen LogP contribution in [0.5, 0.6) is 0 Å². The summed E-state index contributed by atoms with van der Waals surface area (Å²) >= 11 is 0. The Morgan fingerprint density at radius 3 is 2.77 bits per heavy atom. The van der Waals surface area contributed by atoms with Gasteiger partial charge in [-0.25, -0.2) is 17.5 Å². The number of benzene rings is 1. The molecule has 0 spiro atoms. The van der Waals surface area contributed by atoms with Gasteiger partial charge in [-0.05, 0) is 55.5 Å². The lowest BCUT2D eigenvalue weighted by molar-refractivity contribution is 0.582. The summed E-state index contributed by atoms with van der Waals surface area (Å²) in [7, 11) is -1.32. The van der Waals surface area contributed by atoms with Crippen molar-refractivity contribution in [2.45, 2.75) is 33.2 Å². The zero-order valence-electron chi connectivity index (χ0n) is 15.3. The number of hydrogen-bond acceptors (Lipinski definition) is 4. The van der Waals surface area contributed by atoms with Crippen molar-refractivity contribution in [3.63, 3.8) is 0 Å². The minimum Gasteiger partial charge on any atom is -0.374 e. The van der Waals surface area contributed by atoms with E-state index in [1.54, 1.807) is 25.4 Å². The summed E-state index contributed by atoms with van der Waals surface area (Å²) in [5.41, 5.74) is 4.87. The maximum absolute atomic E-state index is 14.8. The molecule has 0 saturated heterocycles. The number of anilines is 1. The van der Waals surface area contributed by atoms with Crippen molar-refractivity contribution in [2.24, 2.45) is 0 Å². The lowest BCUT2D eigenvalue weighted by Crippen LogP contribution is -2.25. The molecule has 1 N–H and O–H groups in total. The van der Waals surface area contributed by atoms with E-state index in [1.807, 2.05) is 20.0 Å². The van der Waals surface area contributed by atoms with Gasteiger partial charge in [-0.2, -0.15) is 0 Å². The Bertz CT molecular complexity index is 929. The smallest absolute Gasteiger partial charge is 0.211 e. The third-order valence-electron chi connectivity index (χ3n) is 4.99. The van der Waals surface area contributed by atoms with E-state index >= 15 is 0 Å². The van der Waals surface area contributed by atoms with E-state index in [0.717, 1.165) is 41.8 Å². The molecule has 1 aromatic carbocycles. The molecule has 0 unspecified atom stereocenters. The number of halogens is 1. The van der Waals surface area contributed by atoms with Crippen LogP contribution >= 0.6 is 0 Å². The van der Waals surface area contributed by atoms with Crippen LogP contribution in [0.3, 0.4) is 0 Å². The Labute approximate surface area is 154 Å². The Balaban J connectivity index is 1.99. The third kappa shape index (κ3) is 3.73. The van der Waals surface area contributed by atoms with Gasteiger partial charge in [0.1, 0.15) is 5.82 Å². The second-order valence-corrected chi connectivity index (χ2v) is 8.78. The molecule has 3 rings (SSSR count). The predicted molar refractivity (Wildman–Crippen MR) is 102 cm³/mol. The first-order valence-corrected chi connectivity index (χ1v) is 10.4. The molecule has 0 atom stereocenters. The van der Waals surface area contributed by atoms with E-state index in [0.29, 0.717) is 11.1 Å². The fraction of sp³-hybridized carbons (Fsp3) is 0.421. The predicted octanol–water partition coefficient (Wildman–Crippen LogP) is 3.02. The molecule has 0 aliphatic carbocycles. The highest BCUT2D eigenvalue weighted by Crippen LogP contribution is 2.34. The summed E-state index contributed by atoms with van der Waals surface area (Å²) in [5.74, 6) is -0.264. The van der Waals surface area contributed by atoms with Crippen LogP contribution in [0.2, 0.25) is 0 Å². The zero-order chi connectivity index (χ0) is 18.9. The molecule has 1 aromatic heterocycles. The third-order valence-corrected chi connectivity index (χ3v) is 6.34. The van der Waals surface area contributed by atoms with Crippen LogP contribution in [-0.2, 0) is 23.0 Å². The summed E-state index contributed by atoms with van der Waals surface area (Å²) in [6.07, 6.45) is 5.24. The van der Waals surface area contributed by atoms with Crippen molar-refractivity contribution in [2.75, 3.05) is 24.2 Å². The number of pyridine rings is 1. The molecule has 1 aliphatic heterocycles. The van der Waals surface area contributed by atoms with Gasteiger partial charge in [-0.3, -0.25) is 4.98 Å². The van der Waals surface area contributed by atoms with Gasteiger partial charge in [0.15, 0.2) is 0 Å². The maximum atomic E-state index is 14.8. The van der Waals surface area contributed by atoms with Crippen molar-refractivity contribution < 1.29 is 12.8 Å². The second-order valence-electron chi connectivity index (χ2n) is 6.68. The molecule has 0 amide bonds. The molecule has 2 aromatic rings. The van der Waals surface area contributed by atoms with Crippen LogP contribution in [0, 0.1) is 12.7 Å². The van der Waals surface area contributed by atoms with Gasteiger partial charge in [0.2, 0.25) is 10.0 Å². The van der Waals surface area contributed by atoms with E-state index in [4.69, 9.17) is 0 Å². The molecular weight excluding hydrogens is 353 g/mol. The maximum Gasteiger partial charge on any atom is 0.211 e. The monoisotopic (exact) mass is 377 g/mol. The molecule has 5 nitrogen and oxygen atoms in total. The molecular formula is C19H24FN3O2S. The Kier molecular flexibility index (Phi) is 5.29. The SMILES string of the molecule is CCS(=O)(=O)NCc1cncc(-c2cc3c(cc2F)N(C)CCC3)c1C. The minimum atomic E-state index is -3.30. The molecule has 0 fully saturated rings. The topological polar surface area (TPSA) is 62.3 Å². The lowest BCUT2D eigenvalue weighted by Gasteiger charge is -2.28. The second kappa shape index (κ2) is 7.32. The van der Waals surface area contributed by atoms with Crippen LogP contribution in [0.4, 0.5) is 10.1 Å². The van der Waals surface area contributed by atoms with Crippen molar-refractivity contribution in [3.8, 4) is 11.1 Å². The molecule has 7 heteroatoms. The number of rotatable bonds is 5. The van der Waals surface area contributed by atoms with E-state index in [1.165, 1.54) is 0 Å². The fourth-order valence-electron chi connectivity index (χ4n) is 3.30. The summed E-state index contributed by atoms with van der Waals surface area (Å²) < 4.78 is 40.7. The first-order valence-electron chi connectivity index (χ1n) is 8.77. The number of hydrogen-bond donors (Lipinski definition) is 1. The molecule has 2 heterocycles. The summed E-state index contributed by atoms with van der Waals surface area (Å²) in [4.78, 5) is 6.28. The average Bonchev–Trinajstić information content (AvgIpc) is 2.61. The van der Waals surface area contributed by atoms with Gasteiger partial charge in [-0.1, -0.05) is 0 Å². The minimum absolute atomic E-state index is 0.0200. The first kappa shape index (κ1) is 18.8. The van der Waals surface area contributed by atoms with Gasteiger partial charge in [0.25, 0.3) is 0 Å². The van der Waals surface area contributed by atoms with Gasteiger partial charge in [0.05, 0.1) is 5.75 Å². The number of nitrogens with zero attached hydrogens (tertiary/aromatic N) is 2. The van der Waals surface area contributed by atoms with E-state index < -0.39 is 10.0 Å². The summed E-state index contributed by atoms with van der Waals surface area (Å²) in [6.45, 7) is 4.54. The van der Waals surface area contributed by atoms with Gasteiger partial charge in [0, 0.05) is 49.3 Å². The van der Waals surface area contributed by atoms with Crippen molar-refractivity contribution in [1.29, 1.82) is 0 Å². The number of aromatic nitrogens is 1. The van der Waals surface area contributed by atoms with Crippen LogP contribution in [0.25, 0.3) is 11.1 Å². The molecule has 26 heavy (non-hydrogen) atoms. The normalized spacial score (nSPS) is 14.4. The van der Waals surface area contributed by atoms with E-state index in [-0.39, 0.29) is 18.1 Å².